The van der Waals surface area contributed by atoms with Crippen molar-refractivity contribution < 1.29 is 13.2 Å². The molecule has 24 heavy (non-hydrogen) atoms. The second kappa shape index (κ2) is 7.38. The van der Waals surface area contributed by atoms with Gasteiger partial charge in [0.2, 0.25) is 0 Å². The Morgan fingerprint density at radius 1 is 0.958 bits per heavy atom. The van der Waals surface area contributed by atoms with Gasteiger partial charge in [-0.3, -0.25) is 4.72 Å². The minimum Gasteiger partial charge on any atom is -0.489 e. The highest BCUT2D eigenvalue weighted by Gasteiger charge is 2.16. The number of benzene rings is 2. The summed E-state index contributed by atoms with van der Waals surface area (Å²) < 4.78 is 33.8. The van der Waals surface area contributed by atoms with Gasteiger partial charge in [-0.25, -0.2) is 8.42 Å². The Morgan fingerprint density at radius 3 is 2.29 bits per heavy atom. The van der Waals surface area contributed by atoms with E-state index in [2.05, 4.69) is 20.7 Å². The van der Waals surface area contributed by atoms with Gasteiger partial charge in [0.1, 0.15) is 16.6 Å². The summed E-state index contributed by atoms with van der Waals surface area (Å²) in [7, 11) is -3.56. The molecule has 0 unspecified atom stereocenters. The van der Waals surface area contributed by atoms with Crippen LogP contribution in [0.3, 0.4) is 0 Å². The molecule has 0 atom stereocenters. The summed E-state index contributed by atoms with van der Waals surface area (Å²) in [5.74, 6) is 0.681. The van der Waals surface area contributed by atoms with Gasteiger partial charge in [0.05, 0.1) is 3.79 Å². The lowest BCUT2D eigenvalue weighted by Gasteiger charge is -2.09. The zero-order valence-electron chi connectivity index (χ0n) is 12.5. The molecule has 1 aromatic heterocycles. The smallest absolute Gasteiger partial charge is 0.271 e. The monoisotopic (exact) mass is 423 g/mol. The number of nitrogens with one attached hydrogen (secondary N) is 1. The average Bonchev–Trinajstić information content (AvgIpc) is 3.02. The van der Waals surface area contributed by atoms with E-state index in [-0.39, 0.29) is 4.21 Å². The molecule has 0 aliphatic heterocycles. The van der Waals surface area contributed by atoms with Gasteiger partial charge >= 0.3 is 0 Å². The molecule has 0 fully saturated rings. The maximum Gasteiger partial charge on any atom is 0.271 e. The van der Waals surface area contributed by atoms with Crippen molar-refractivity contribution in [3.05, 3.63) is 76.1 Å². The first kappa shape index (κ1) is 17.0. The van der Waals surface area contributed by atoms with Crippen molar-refractivity contribution in [2.45, 2.75) is 10.8 Å². The predicted molar refractivity (Wildman–Crippen MR) is 100 cm³/mol. The van der Waals surface area contributed by atoms with E-state index in [9.17, 15) is 8.42 Å². The Kier molecular flexibility index (Phi) is 5.23. The Bertz CT molecular complexity index is 907. The van der Waals surface area contributed by atoms with Crippen molar-refractivity contribution in [2.75, 3.05) is 4.72 Å². The third kappa shape index (κ3) is 4.37. The molecule has 3 rings (SSSR count). The summed E-state index contributed by atoms with van der Waals surface area (Å²) in [6.45, 7) is 0.467. The number of anilines is 1. The zero-order valence-corrected chi connectivity index (χ0v) is 15.7. The molecule has 0 radical (unpaired) electrons. The Hall–Kier alpha value is -1.83. The molecule has 0 aliphatic carbocycles. The van der Waals surface area contributed by atoms with Gasteiger partial charge < -0.3 is 4.74 Å². The first-order chi connectivity index (χ1) is 11.5. The van der Waals surface area contributed by atoms with Crippen LogP contribution in [0.1, 0.15) is 5.56 Å². The van der Waals surface area contributed by atoms with E-state index in [1.165, 1.54) is 0 Å². The second-order valence-corrected chi connectivity index (χ2v) is 9.33. The molecular formula is C17H14BrNO3S2. The third-order valence-electron chi connectivity index (χ3n) is 3.17. The maximum atomic E-state index is 12.3. The summed E-state index contributed by atoms with van der Waals surface area (Å²) in [5, 5.41) is 0. The van der Waals surface area contributed by atoms with E-state index in [0.717, 1.165) is 20.7 Å². The van der Waals surface area contributed by atoms with Crippen molar-refractivity contribution in [1.82, 2.24) is 0 Å². The molecule has 0 bridgehead atoms. The first-order valence-electron chi connectivity index (χ1n) is 7.08. The minimum atomic E-state index is -3.56. The van der Waals surface area contributed by atoms with Gasteiger partial charge in [-0.2, -0.15) is 0 Å². The van der Waals surface area contributed by atoms with Crippen LogP contribution in [0.15, 0.2) is 74.7 Å². The highest BCUT2D eigenvalue weighted by atomic mass is 79.9. The van der Waals surface area contributed by atoms with Crippen LogP contribution in [-0.4, -0.2) is 8.42 Å². The number of hydrogen-bond acceptors (Lipinski definition) is 4. The topological polar surface area (TPSA) is 55.4 Å². The molecule has 7 heteroatoms. The average molecular weight is 424 g/mol. The fraction of sp³-hybridized carbons (Fsp3) is 0.0588. The van der Waals surface area contributed by atoms with Crippen LogP contribution in [0.4, 0.5) is 5.69 Å². The molecule has 0 spiro atoms. The van der Waals surface area contributed by atoms with Crippen LogP contribution in [0, 0.1) is 0 Å². The van der Waals surface area contributed by atoms with Crippen LogP contribution in [-0.2, 0) is 16.6 Å². The number of thiophene rings is 1. The van der Waals surface area contributed by atoms with Gasteiger partial charge in [0.15, 0.2) is 0 Å². The summed E-state index contributed by atoms with van der Waals surface area (Å²) in [6, 6.07) is 20.0. The van der Waals surface area contributed by atoms with Crippen molar-refractivity contribution >= 4 is 43.0 Å². The van der Waals surface area contributed by atoms with Gasteiger partial charge in [0.25, 0.3) is 10.0 Å². The highest BCUT2D eigenvalue weighted by molar-refractivity contribution is 9.11. The lowest BCUT2D eigenvalue weighted by molar-refractivity contribution is 0.306. The molecule has 3 aromatic rings. The van der Waals surface area contributed by atoms with Gasteiger partial charge in [0, 0.05) is 5.69 Å². The van der Waals surface area contributed by atoms with Gasteiger partial charge in [-0.1, -0.05) is 30.3 Å². The maximum absolute atomic E-state index is 12.3. The molecule has 124 valence electrons. The molecule has 0 saturated carbocycles. The van der Waals surface area contributed by atoms with Gasteiger partial charge in [-0.15, -0.1) is 11.3 Å². The Labute approximate surface area is 153 Å². The van der Waals surface area contributed by atoms with Crippen LogP contribution in [0.5, 0.6) is 5.75 Å². The molecule has 0 aliphatic rings. The summed E-state index contributed by atoms with van der Waals surface area (Å²) in [5.41, 5.74) is 1.57. The largest absolute Gasteiger partial charge is 0.489 e. The molecule has 2 aromatic carbocycles. The van der Waals surface area contributed by atoms with Crippen molar-refractivity contribution in [1.29, 1.82) is 0 Å². The number of rotatable bonds is 6. The predicted octanol–water partition coefficient (Wildman–Crippen LogP) is 4.89. The Balaban J connectivity index is 1.64. The Morgan fingerprint density at radius 2 is 1.67 bits per heavy atom. The third-order valence-corrected chi connectivity index (χ3v) is 6.67. The normalized spacial score (nSPS) is 11.2. The highest BCUT2D eigenvalue weighted by Crippen LogP contribution is 2.28. The van der Waals surface area contributed by atoms with E-state index in [1.807, 2.05) is 30.3 Å². The molecule has 1 heterocycles. The lowest BCUT2D eigenvalue weighted by Crippen LogP contribution is -2.11. The minimum absolute atomic E-state index is 0.263. The SMILES string of the molecule is O=S(=O)(Nc1ccc(OCc2ccccc2)cc1)c1ccc(Br)s1. The van der Waals surface area contributed by atoms with Crippen LogP contribution >= 0.6 is 27.3 Å². The van der Waals surface area contributed by atoms with Crippen LogP contribution < -0.4 is 9.46 Å². The number of halogens is 1. The first-order valence-corrected chi connectivity index (χ1v) is 10.2. The van der Waals surface area contributed by atoms with E-state index < -0.39 is 10.0 Å². The van der Waals surface area contributed by atoms with Crippen molar-refractivity contribution in [3.63, 3.8) is 0 Å². The van der Waals surface area contributed by atoms with Crippen molar-refractivity contribution in [2.24, 2.45) is 0 Å². The lowest BCUT2D eigenvalue weighted by atomic mass is 10.2. The summed E-state index contributed by atoms with van der Waals surface area (Å²) >= 11 is 4.43. The van der Waals surface area contributed by atoms with E-state index in [4.69, 9.17) is 4.74 Å². The van der Waals surface area contributed by atoms with E-state index >= 15 is 0 Å². The van der Waals surface area contributed by atoms with E-state index in [1.54, 1.807) is 36.4 Å². The summed E-state index contributed by atoms with van der Waals surface area (Å²) in [4.78, 5) is 0. The molecule has 1 N–H and O–H groups in total. The summed E-state index contributed by atoms with van der Waals surface area (Å²) in [6.07, 6.45) is 0. The molecule has 4 nitrogen and oxygen atoms in total. The molecule has 0 amide bonds. The fourth-order valence-electron chi connectivity index (χ4n) is 2.01. The number of hydrogen-bond donors (Lipinski definition) is 1. The van der Waals surface area contributed by atoms with Crippen molar-refractivity contribution in [3.8, 4) is 5.75 Å². The molecular weight excluding hydrogens is 410 g/mol. The number of sulfonamides is 1. The number of ether oxygens (including phenoxy) is 1. The zero-order chi connectivity index (χ0) is 17.0. The van der Waals surface area contributed by atoms with Crippen LogP contribution in [0.2, 0.25) is 0 Å². The van der Waals surface area contributed by atoms with Crippen LogP contribution in [0.25, 0.3) is 0 Å². The molecule has 0 saturated heterocycles. The standard InChI is InChI=1S/C17H14BrNO3S2/c18-16-10-11-17(23-16)24(20,21)19-14-6-8-15(9-7-14)22-12-13-4-2-1-3-5-13/h1-11,19H,12H2. The van der Waals surface area contributed by atoms with Gasteiger partial charge in [-0.05, 0) is 57.9 Å². The quantitative estimate of drug-likeness (QED) is 0.613. The van der Waals surface area contributed by atoms with E-state index in [0.29, 0.717) is 18.0 Å². The second-order valence-electron chi connectivity index (χ2n) is 4.96. The fourth-order valence-corrected chi connectivity index (χ4v) is 5.08.